The largest absolute Gasteiger partial charge is 0.383 e. The summed E-state index contributed by atoms with van der Waals surface area (Å²) in [7, 11) is 0. The Balaban J connectivity index is 1.60. The van der Waals surface area contributed by atoms with E-state index >= 15 is 0 Å². The number of nitrogen functional groups attached to an aromatic ring is 1. The lowest BCUT2D eigenvalue weighted by Crippen LogP contribution is -2.04. The standard InChI is InChI=1S/C22H16ClN7/c23-18-6-2-1-4-15(18)13-30-22-16(5-3-9-26-22)19(29-30)21-27-12-17(20(24)28-21)14-7-10-25-11-8-14/h1-12H,13H2,(H2,24,27,28). The van der Waals surface area contributed by atoms with Crippen molar-refractivity contribution < 1.29 is 0 Å². The lowest BCUT2D eigenvalue weighted by Gasteiger charge is -2.06. The van der Waals surface area contributed by atoms with E-state index in [4.69, 9.17) is 22.4 Å². The van der Waals surface area contributed by atoms with E-state index in [-0.39, 0.29) is 0 Å². The van der Waals surface area contributed by atoms with Crippen molar-refractivity contribution in [3.63, 3.8) is 0 Å². The normalized spacial score (nSPS) is 11.1. The predicted molar refractivity (Wildman–Crippen MR) is 117 cm³/mol. The van der Waals surface area contributed by atoms with Crippen molar-refractivity contribution >= 4 is 28.5 Å². The second-order valence-corrected chi connectivity index (χ2v) is 7.11. The number of aromatic nitrogens is 6. The summed E-state index contributed by atoms with van der Waals surface area (Å²) in [6.45, 7) is 0.484. The van der Waals surface area contributed by atoms with Gasteiger partial charge in [-0.05, 0) is 41.5 Å². The summed E-state index contributed by atoms with van der Waals surface area (Å²) in [5, 5.41) is 6.27. The summed E-state index contributed by atoms with van der Waals surface area (Å²) < 4.78 is 1.81. The number of fused-ring (bicyclic) bond motifs is 1. The second kappa shape index (κ2) is 7.53. The van der Waals surface area contributed by atoms with Crippen LogP contribution in [0.5, 0.6) is 0 Å². The number of pyridine rings is 2. The van der Waals surface area contributed by atoms with E-state index in [2.05, 4.69) is 19.9 Å². The lowest BCUT2D eigenvalue weighted by molar-refractivity contribution is 0.705. The van der Waals surface area contributed by atoms with E-state index < -0.39 is 0 Å². The van der Waals surface area contributed by atoms with Crippen molar-refractivity contribution in [3.8, 4) is 22.6 Å². The summed E-state index contributed by atoms with van der Waals surface area (Å²) in [5.74, 6) is 0.824. The van der Waals surface area contributed by atoms with E-state index in [9.17, 15) is 0 Å². The predicted octanol–water partition coefficient (Wildman–Crippen LogP) is 4.23. The number of rotatable bonds is 4. The molecule has 1 aromatic carbocycles. The molecule has 30 heavy (non-hydrogen) atoms. The molecule has 0 saturated heterocycles. The Hall–Kier alpha value is -3.84. The zero-order chi connectivity index (χ0) is 20.5. The van der Waals surface area contributed by atoms with Gasteiger partial charge in [-0.2, -0.15) is 5.10 Å². The molecular formula is C22H16ClN7. The molecule has 8 heteroatoms. The van der Waals surface area contributed by atoms with Gasteiger partial charge in [0.15, 0.2) is 11.5 Å². The van der Waals surface area contributed by atoms with Crippen molar-refractivity contribution in [1.29, 1.82) is 0 Å². The fourth-order valence-electron chi connectivity index (χ4n) is 3.34. The van der Waals surface area contributed by atoms with Crippen LogP contribution in [0.1, 0.15) is 5.56 Å². The van der Waals surface area contributed by atoms with Gasteiger partial charge >= 0.3 is 0 Å². The third-order valence-electron chi connectivity index (χ3n) is 4.81. The SMILES string of the molecule is Nc1nc(-c2nn(Cc3ccccc3Cl)c3ncccc23)ncc1-c1ccncc1. The molecule has 0 radical (unpaired) electrons. The van der Waals surface area contributed by atoms with Gasteiger partial charge in [0.2, 0.25) is 0 Å². The van der Waals surface area contributed by atoms with E-state index in [1.807, 2.05) is 53.2 Å². The number of hydrogen-bond acceptors (Lipinski definition) is 6. The third kappa shape index (κ3) is 3.25. The van der Waals surface area contributed by atoms with Crippen molar-refractivity contribution in [1.82, 2.24) is 29.7 Å². The van der Waals surface area contributed by atoms with Crippen LogP contribution in [-0.4, -0.2) is 29.7 Å². The first-order chi connectivity index (χ1) is 14.7. The van der Waals surface area contributed by atoms with Crippen LogP contribution in [0.3, 0.4) is 0 Å². The van der Waals surface area contributed by atoms with Crippen LogP contribution < -0.4 is 5.73 Å². The van der Waals surface area contributed by atoms with Crippen LogP contribution in [-0.2, 0) is 6.54 Å². The maximum Gasteiger partial charge on any atom is 0.182 e. The van der Waals surface area contributed by atoms with Crippen LogP contribution in [0.15, 0.2) is 73.3 Å². The van der Waals surface area contributed by atoms with Crippen LogP contribution in [0.2, 0.25) is 5.02 Å². The average molecular weight is 414 g/mol. The number of halogens is 1. The minimum absolute atomic E-state index is 0.379. The molecule has 4 heterocycles. The molecule has 0 aliphatic rings. The fourth-order valence-corrected chi connectivity index (χ4v) is 3.53. The van der Waals surface area contributed by atoms with Gasteiger partial charge in [-0.25, -0.2) is 19.6 Å². The molecule has 0 aliphatic heterocycles. The van der Waals surface area contributed by atoms with Crippen molar-refractivity contribution in [2.24, 2.45) is 0 Å². The number of nitrogens with zero attached hydrogens (tertiary/aromatic N) is 6. The molecule has 0 unspecified atom stereocenters. The van der Waals surface area contributed by atoms with Gasteiger partial charge in [0.25, 0.3) is 0 Å². The van der Waals surface area contributed by atoms with Gasteiger partial charge in [0.1, 0.15) is 11.5 Å². The second-order valence-electron chi connectivity index (χ2n) is 6.70. The smallest absolute Gasteiger partial charge is 0.182 e. The highest BCUT2D eigenvalue weighted by Gasteiger charge is 2.17. The summed E-state index contributed by atoms with van der Waals surface area (Å²) in [5.41, 5.74) is 10.2. The topological polar surface area (TPSA) is 95.4 Å². The number of anilines is 1. The zero-order valence-corrected chi connectivity index (χ0v) is 16.5. The summed E-state index contributed by atoms with van der Waals surface area (Å²) in [6, 6.07) is 15.2. The minimum atomic E-state index is 0.379. The third-order valence-corrected chi connectivity index (χ3v) is 5.18. The molecule has 0 aliphatic carbocycles. The van der Waals surface area contributed by atoms with E-state index in [0.29, 0.717) is 28.9 Å². The van der Waals surface area contributed by atoms with Crippen LogP contribution in [0.25, 0.3) is 33.7 Å². The van der Waals surface area contributed by atoms with Gasteiger partial charge in [-0.3, -0.25) is 4.98 Å². The number of hydrogen-bond donors (Lipinski definition) is 1. The maximum absolute atomic E-state index is 6.34. The highest BCUT2D eigenvalue weighted by molar-refractivity contribution is 6.31. The molecule has 0 atom stereocenters. The molecule has 7 nitrogen and oxygen atoms in total. The van der Waals surface area contributed by atoms with Gasteiger partial charge in [-0.1, -0.05) is 29.8 Å². The van der Waals surface area contributed by atoms with E-state index in [0.717, 1.165) is 27.7 Å². The van der Waals surface area contributed by atoms with Crippen LogP contribution in [0, 0.1) is 0 Å². The molecule has 0 bridgehead atoms. The highest BCUT2D eigenvalue weighted by Crippen LogP contribution is 2.29. The van der Waals surface area contributed by atoms with Crippen LogP contribution in [0.4, 0.5) is 5.82 Å². The Bertz CT molecular complexity index is 1350. The Morgan fingerprint density at radius 1 is 0.933 bits per heavy atom. The average Bonchev–Trinajstić information content (AvgIpc) is 3.14. The Morgan fingerprint density at radius 2 is 1.77 bits per heavy atom. The first kappa shape index (κ1) is 18.2. The fraction of sp³-hybridized carbons (Fsp3) is 0.0455. The first-order valence-corrected chi connectivity index (χ1v) is 9.67. The van der Waals surface area contributed by atoms with E-state index in [1.54, 1.807) is 24.8 Å². The molecule has 0 saturated carbocycles. The Kier molecular flexibility index (Phi) is 4.57. The van der Waals surface area contributed by atoms with Gasteiger partial charge in [0, 0.05) is 35.4 Å². The summed E-state index contributed by atoms with van der Waals surface area (Å²) >= 11 is 6.34. The van der Waals surface area contributed by atoms with Gasteiger partial charge in [0.05, 0.1) is 11.9 Å². The summed E-state index contributed by atoms with van der Waals surface area (Å²) in [4.78, 5) is 17.6. The molecule has 0 spiro atoms. The van der Waals surface area contributed by atoms with Crippen molar-refractivity contribution in [2.45, 2.75) is 6.54 Å². The van der Waals surface area contributed by atoms with Gasteiger partial charge < -0.3 is 5.73 Å². The maximum atomic E-state index is 6.34. The number of nitrogens with two attached hydrogens (primary N) is 1. The molecule has 4 aromatic heterocycles. The minimum Gasteiger partial charge on any atom is -0.383 e. The number of benzene rings is 1. The molecule has 5 aromatic rings. The summed E-state index contributed by atoms with van der Waals surface area (Å²) in [6.07, 6.45) is 6.86. The van der Waals surface area contributed by atoms with Gasteiger partial charge in [-0.15, -0.1) is 0 Å². The first-order valence-electron chi connectivity index (χ1n) is 9.29. The van der Waals surface area contributed by atoms with E-state index in [1.165, 1.54) is 0 Å². The quantitative estimate of drug-likeness (QED) is 0.473. The van der Waals surface area contributed by atoms with Crippen molar-refractivity contribution in [2.75, 3.05) is 5.73 Å². The Morgan fingerprint density at radius 3 is 2.57 bits per heavy atom. The molecule has 2 N–H and O–H groups in total. The molecule has 146 valence electrons. The molecule has 5 rings (SSSR count). The molecule has 0 fully saturated rings. The molecule has 0 amide bonds. The lowest BCUT2D eigenvalue weighted by atomic mass is 10.1. The monoisotopic (exact) mass is 413 g/mol. The van der Waals surface area contributed by atoms with Crippen LogP contribution >= 0.6 is 11.6 Å². The van der Waals surface area contributed by atoms with Crippen molar-refractivity contribution in [3.05, 3.63) is 83.9 Å². The molecular weight excluding hydrogens is 398 g/mol. The highest BCUT2D eigenvalue weighted by atomic mass is 35.5. The Labute approximate surface area is 177 Å². The zero-order valence-electron chi connectivity index (χ0n) is 15.8.